The summed E-state index contributed by atoms with van der Waals surface area (Å²) in [5, 5.41) is 1.52. The highest BCUT2D eigenvalue weighted by Gasteiger charge is 2.55. The van der Waals surface area contributed by atoms with Crippen molar-refractivity contribution in [1.29, 1.82) is 0 Å². The zero-order chi connectivity index (χ0) is 15.5. The van der Waals surface area contributed by atoms with Gasteiger partial charge in [0.15, 0.2) is 0 Å². The van der Waals surface area contributed by atoms with Crippen LogP contribution >= 0.6 is 0 Å². The molecule has 118 valence electrons. The molecule has 1 aromatic rings. The van der Waals surface area contributed by atoms with Crippen LogP contribution in [0.15, 0.2) is 10.5 Å². The molecule has 1 aromatic heterocycles. The highest BCUT2D eigenvalue weighted by atomic mass is 16.7. The lowest BCUT2D eigenvalue weighted by atomic mass is 9.90. The van der Waals surface area contributed by atoms with Gasteiger partial charge >= 0.3 is 0 Å². The van der Waals surface area contributed by atoms with Crippen LogP contribution in [0.2, 0.25) is 0 Å². The van der Waals surface area contributed by atoms with E-state index in [0.29, 0.717) is 43.3 Å². The molecule has 1 aliphatic carbocycles. The number of rotatable bonds is 3. The number of nitrogens with zero attached hydrogens (tertiary/aromatic N) is 2. The van der Waals surface area contributed by atoms with E-state index in [1.165, 1.54) is 17.9 Å². The van der Waals surface area contributed by atoms with Crippen molar-refractivity contribution in [3.05, 3.63) is 23.2 Å². The molecule has 1 spiro atoms. The van der Waals surface area contributed by atoms with Crippen molar-refractivity contribution in [3.8, 4) is 0 Å². The van der Waals surface area contributed by atoms with Gasteiger partial charge in [-0.25, -0.2) is 5.06 Å². The van der Waals surface area contributed by atoms with Crippen LogP contribution in [0.25, 0.3) is 0 Å². The molecule has 2 aliphatic heterocycles. The molecule has 3 aliphatic rings. The molecule has 6 nitrogen and oxygen atoms in total. The molecule has 0 atom stereocenters. The second-order valence-electron chi connectivity index (χ2n) is 6.84. The fourth-order valence-electron chi connectivity index (χ4n) is 3.33. The minimum atomic E-state index is -0.492. The minimum absolute atomic E-state index is 0.0448. The first-order chi connectivity index (χ1) is 10.5. The molecule has 0 bridgehead atoms. The Balaban J connectivity index is 1.40. The average Bonchev–Trinajstić information content (AvgIpc) is 3.08. The Morgan fingerprint density at radius 2 is 2.09 bits per heavy atom. The Labute approximate surface area is 128 Å². The molecule has 2 saturated heterocycles. The first kappa shape index (κ1) is 13.8. The quantitative estimate of drug-likeness (QED) is 0.852. The van der Waals surface area contributed by atoms with Crippen LogP contribution in [0.3, 0.4) is 0 Å². The molecule has 6 heteroatoms. The number of hydroxylamine groups is 2. The predicted octanol–water partition coefficient (Wildman–Crippen LogP) is 1.66. The molecule has 22 heavy (non-hydrogen) atoms. The highest BCUT2D eigenvalue weighted by molar-refractivity contribution is 5.96. The van der Waals surface area contributed by atoms with E-state index in [4.69, 9.17) is 9.25 Å². The second kappa shape index (κ2) is 4.59. The first-order valence-electron chi connectivity index (χ1n) is 7.82. The van der Waals surface area contributed by atoms with Crippen LogP contribution < -0.4 is 0 Å². The average molecular weight is 304 g/mol. The largest absolute Gasteiger partial charge is 0.466 e. The van der Waals surface area contributed by atoms with Crippen molar-refractivity contribution in [2.75, 3.05) is 19.6 Å². The maximum Gasteiger partial charge on any atom is 0.257 e. The molecular formula is C16H20N2O4. The molecule has 3 fully saturated rings. The summed E-state index contributed by atoms with van der Waals surface area (Å²) in [6.45, 7) is 5.28. The standard InChI is InChI=1S/C16H20N2O4/c1-10-5-13(11(2)21-10)15(20)17-8-16(9-17)6-14(19)18(22-16)7-12-3-4-12/h5,12H,3-4,6-9H2,1-2H3. The van der Waals surface area contributed by atoms with Gasteiger partial charge in [0.05, 0.1) is 31.6 Å². The van der Waals surface area contributed by atoms with Crippen LogP contribution in [-0.4, -0.2) is 47.0 Å². The second-order valence-corrected chi connectivity index (χ2v) is 6.84. The van der Waals surface area contributed by atoms with Crippen LogP contribution in [0.1, 0.15) is 41.1 Å². The lowest BCUT2D eigenvalue weighted by molar-refractivity contribution is -0.230. The van der Waals surface area contributed by atoms with Crippen LogP contribution in [0, 0.1) is 19.8 Å². The Hall–Kier alpha value is -1.82. The third-order valence-corrected chi connectivity index (χ3v) is 4.69. The number of carbonyl (C=O) groups excluding carboxylic acids is 2. The first-order valence-corrected chi connectivity index (χ1v) is 7.82. The molecule has 2 amide bonds. The minimum Gasteiger partial charge on any atom is -0.466 e. The van der Waals surface area contributed by atoms with Gasteiger partial charge in [-0.2, -0.15) is 0 Å². The molecule has 1 saturated carbocycles. The van der Waals surface area contributed by atoms with Gasteiger partial charge in [0.2, 0.25) is 5.91 Å². The van der Waals surface area contributed by atoms with Crippen LogP contribution in [-0.2, 0) is 9.63 Å². The van der Waals surface area contributed by atoms with E-state index in [1.54, 1.807) is 17.9 Å². The summed E-state index contributed by atoms with van der Waals surface area (Å²) < 4.78 is 5.42. The summed E-state index contributed by atoms with van der Waals surface area (Å²) in [5.74, 6) is 1.99. The van der Waals surface area contributed by atoms with Crippen molar-refractivity contribution in [3.63, 3.8) is 0 Å². The number of likely N-dealkylation sites (tertiary alicyclic amines) is 1. The molecule has 0 aromatic carbocycles. The van der Waals surface area contributed by atoms with E-state index in [9.17, 15) is 9.59 Å². The van der Waals surface area contributed by atoms with E-state index < -0.39 is 5.60 Å². The molecule has 3 heterocycles. The number of carbonyl (C=O) groups is 2. The Kier molecular flexibility index (Phi) is 2.88. The Bertz CT molecular complexity index is 641. The van der Waals surface area contributed by atoms with E-state index in [2.05, 4.69) is 0 Å². The van der Waals surface area contributed by atoms with Crippen molar-refractivity contribution < 1.29 is 18.8 Å². The summed E-state index contributed by atoms with van der Waals surface area (Å²) in [6.07, 6.45) is 2.75. The number of aryl methyl sites for hydroxylation is 2. The highest BCUT2D eigenvalue weighted by Crippen LogP contribution is 2.39. The van der Waals surface area contributed by atoms with Crippen LogP contribution in [0.5, 0.6) is 0 Å². The summed E-state index contributed by atoms with van der Waals surface area (Å²) in [5.41, 5.74) is 0.112. The van der Waals surface area contributed by atoms with Crippen molar-refractivity contribution in [2.24, 2.45) is 5.92 Å². The lowest BCUT2D eigenvalue weighted by Gasteiger charge is -2.45. The fraction of sp³-hybridized carbons (Fsp3) is 0.625. The van der Waals surface area contributed by atoms with Crippen LogP contribution in [0.4, 0.5) is 0 Å². The zero-order valence-electron chi connectivity index (χ0n) is 12.9. The lowest BCUT2D eigenvalue weighted by Crippen LogP contribution is -2.63. The maximum absolute atomic E-state index is 12.5. The fourth-order valence-corrected chi connectivity index (χ4v) is 3.33. The summed E-state index contributed by atoms with van der Waals surface area (Å²) in [4.78, 5) is 32.1. The van der Waals surface area contributed by atoms with Gasteiger partial charge in [-0.3, -0.25) is 14.4 Å². The third-order valence-electron chi connectivity index (χ3n) is 4.69. The van der Waals surface area contributed by atoms with Gasteiger partial charge in [-0.15, -0.1) is 0 Å². The summed E-state index contributed by atoms with van der Waals surface area (Å²) in [7, 11) is 0. The monoisotopic (exact) mass is 304 g/mol. The number of hydrogen-bond acceptors (Lipinski definition) is 4. The topological polar surface area (TPSA) is 63.0 Å². The van der Waals surface area contributed by atoms with Gasteiger partial charge in [0, 0.05) is 0 Å². The molecule has 4 rings (SSSR count). The molecule has 0 N–H and O–H groups in total. The van der Waals surface area contributed by atoms with E-state index in [0.717, 1.165) is 5.76 Å². The number of amides is 2. The molecule has 0 radical (unpaired) electrons. The van der Waals surface area contributed by atoms with Gasteiger partial charge in [0.25, 0.3) is 5.91 Å². The van der Waals surface area contributed by atoms with Crippen molar-refractivity contribution in [1.82, 2.24) is 9.96 Å². The number of furan rings is 1. The summed E-state index contributed by atoms with van der Waals surface area (Å²) in [6, 6.07) is 1.77. The van der Waals surface area contributed by atoms with Gasteiger partial charge in [-0.1, -0.05) is 0 Å². The van der Waals surface area contributed by atoms with Gasteiger partial charge in [0.1, 0.15) is 17.1 Å². The zero-order valence-corrected chi connectivity index (χ0v) is 12.9. The van der Waals surface area contributed by atoms with Gasteiger partial charge in [-0.05, 0) is 38.7 Å². The van der Waals surface area contributed by atoms with E-state index in [1.807, 2.05) is 6.92 Å². The molecule has 0 unspecified atom stereocenters. The van der Waals surface area contributed by atoms with E-state index >= 15 is 0 Å². The van der Waals surface area contributed by atoms with Crippen molar-refractivity contribution in [2.45, 2.75) is 38.7 Å². The molecular weight excluding hydrogens is 284 g/mol. The van der Waals surface area contributed by atoms with Gasteiger partial charge < -0.3 is 9.32 Å². The maximum atomic E-state index is 12.5. The summed E-state index contributed by atoms with van der Waals surface area (Å²) >= 11 is 0. The smallest absolute Gasteiger partial charge is 0.257 e. The Morgan fingerprint density at radius 3 is 2.68 bits per heavy atom. The van der Waals surface area contributed by atoms with Crippen molar-refractivity contribution >= 4 is 11.8 Å². The predicted molar refractivity (Wildman–Crippen MR) is 77.0 cm³/mol. The SMILES string of the molecule is Cc1cc(C(=O)N2CC3(CC(=O)N(CC4CC4)O3)C2)c(C)o1. The Morgan fingerprint density at radius 1 is 1.36 bits per heavy atom. The number of hydrogen-bond donors (Lipinski definition) is 0. The van der Waals surface area contributed by atoms with E-state index in [-0.39, 0.29) is 11.8 Å². The normalized spacial score (nSPS) is 23.3. The third kappa shape index (κ3) is 2.22.